The molecule has 1 aliphatic heterocycles. The number of nitrogens with one attached hydrogen (secondary N) is 1. The standard InChI is InChI=1S/C13H23N3/c1-3-4-5-6-11(2)16-10-15-12-9-14-8-7-13(12)16/h10-11,14H,3-9H2,1-2H3. The predicted octanol–water partition coefficient (Wildman–Crippen LogP) is 2.67. The van der Waals surface area contributed by atoms with Crippen LogP contribution in [0.2, 0.25) is 0 Å². The topological polar surface area (TPSA) is 29.9 Å². The minimum Gasteiger partial charge on any atom is -0.331 e. The summed E-state index contributed by atoms with van der Waals surface area (Å²) in [6.45, 7) is 6.62. The zero-order valence-electron chi connectivity index (χ0n) is 10.5. The van der Waals surface area contributed by atoms with Gasteiger partial charge in [-0.3, -0.25) is 0 Å². The molecule has 2 rings (SSSR count). The van der Waals surface area contributed by atoms with Crippen molar-refractivity contribution in [2.75, 3.05) is 6.54 Å². The van der Waals surface area contributed by atoms with Crippen LogP contribution in [0, 0.1) is 0 Å². The molecule has 1 atom stereocenters. The Morgan fingerprint density at radius 2 is 2.38 bits per heavy atom. The highest BCUT2D eigenvalue weighted by Gasteiger charge is 2.17. The number of fused-ring (bicyclic) bond motifs is 1. The number of hydrogen-bond donors (Lipinski definition) is 1. The van der Waals surface area contributed by atoms with Crippen LogP contribution in [-0.4, -0.2) is 16.1 Å². The Morgan fingerprint density at radius 3 is 3.19 bits per heavy atom. The van der Waals surface area contributed by atoms with Gasteiger partial charge in [0.2, 0.25) is 0 Å². The molecule has 0 bridgehead atoms. The number of unbranched alkanes of at least 4 members (excludes halogenated alkanes) is 2. The summed E-state index contributed by atoms with van der Waals surface area (Å²) >= 11 is 0. The average Bonchev–Trinajstić information content (AvgIpc) is 2.73. The van der Waals surface area contributed by atoms with E-state index in [1.165, 1.54) is 37.1 Å². The number of hydrogen-bond acceptors (Lipinski definition) is 2. The zero-order chi connectivity index (χ0) is 11.4. The first-order valence-electron chi connectivity index (χ1n) is 6.58. The van der Waals surface area contributed by atoms with Crippen LogP contribution < -0.4 is 5.32 Å². The van der Waals surface area contributed by atoms with Gasteiger partial charge in [0.1, 0.15) is 0 Å². The first-order valence-corrected chi connectivity index (χ1v) is 6.58. The molecule has 0 saturated heterocycles. The third kappa shape index (κ3) is 2.46. The van der Waals surface area contributed by atoms with E-state index in [2.05, 4.69) is 28.7 Å². The molecule has 1 unspecified atom stereocenters. The Labute approximate surface area is 98.3 Å². The van der Waals surface area contributed by atoms with E-state index in [1.807, 2.05) is 6.33 Å². The minimum atomic E-state index is 0.612. The largest absolute Gasteiger partial charge is 0.331 e. The summed E-state index contributed by atoms with van der Waals surface area (Å²) in [7, 11) is 0. The molecule has 0 saturated carbocycles. The van der Waals surface area contributed by atoms with Gasteiger partial charge in [-0.05, 0) is 13.3 Å². The normalized spacial score (nSPS) is 17.1. The van der Waals surface area contributed by atoms with Gasteiger partial charge in [-0.25, -0.2) is 4.98 Å². The molecular formula is C13H23N3. The second-order valence-corrected chi connectivity index (χ2v) is 4.82. The number of nitrogens with zero attached hydrogens (tertiary/aromatic N) is 2. The van der Waals surface area contributed by atoms with Crippen molar-refractivity contribution in [2.45, 2.75) is 58.5 Å². The fourth-order valence-electron chi connectivity index (χ4n) is 2.47. The van der Waals surface area contributed by atoms with Crippen molar-refractivity contribution in [1.29, 1.82) is 0 Å². The highest BCUT2D eigenvalue weighted by atomic mass is 15.1. The van der Waals surface area contributed by atoms with Crippen molar-refractivity contribution in [3.8, 4) is 0 Å². The fraction of sp³-hybridized carbons (Fsp3) is 0.769. The lowest BCUT2D eigenvalue weighted by Gasteiger charge is -2.20. The second-order valence-electron chi connectivity index (χ2n) is 4.82. The molecule has 0 amide bonds. The monoisotopic (exact) mass is 221 g/mol. The van der Waals surface area contributed by atoms with Gasteiger partial charge in [-0.2, -0.15) is 0 Å². The molecule has 16 heavy (non-hydrogen) atoms. The summed E-state index contributed by atoms with van der Waals surface area (Å²) in [5.41, 5.74) is 2.72. The Morgan fingerprint density at radius 1 is 1.50 bits per heavy atom. The van der Waals surface area contributed by atoms with Gasteiger partial charge in [-0.1, -0.05) is 26.2 Å². The van der Waals surface area contributed by atoms with Crippen LogP contribution in [0.4, 0.5) is 0 Å². The first-order chi connectivity index (χ1) is 7.83. The Balaban J connectivity index is 1.99. The molecule has 90 valence electrons. The van der Waals surface area contributed by atoms with Gasteiger partial charge in [-0.15, -0.1) is 0 Å². The number of imidazole rings is 1. The fourth-order valence-corrected chi connectivity index (χ4v) is 2.47. The van der Waals surface area contributed by atoms with Gasteiger partial charge in [0, 0.05) is 31.2 Å². The molecule has 3 nitrogen and oxygen atoms in total. The molecule has 0 aliphatic carbocycles. The molecule has 1 aliphatic rings. The summed E-state index contributed by atoms with van der Waals surface area (Å²) in [5, 5.41) is 3.37. The lowest BCUT2D eigenvalue weighted by molar-refractivity contribution is 0.457. The quantitative estimate of drug-likeness (QED) is 0.775. The summed E-state index contributed by atoms with van der Waals surface area (Å²) in [6, 6.07) is 0.612. The maximum Gasteiger partial charge on any atom is 0.0954 e. The minimum absolute atomic E-state index is 0.612. The third-order valence-electron chi connectivity index (χ3n) is 3.51. The van der Waals surface area contributed by atoms with Crippen LogP contribution in [0.3, 0.4) is 0 Å². The van der Waals surface area contributed by atoms with Gasteiger partial charge in [0.25, 0.3) is 0 Å². The molecular weight excluding hydrogens is 198 g/mol. The van der Waals surface area contributed by atoms with Crippen LogP contribution in [0.15, 0.2) is 6.33 Å². The summed E-state index contributed by atoms with van der Waals surface area (Å²) < 4.78 is 2.39. The van der Waals surface area contributed by atoms with E-state index in [9.17, 15) is 0 Å². The van der Waals surface area contributed by atoms with Crippen molar-refractivity contribution in [1.82, 2.24) is 14.9 Å². The highest BCUT2D eigenvalue weighted by molar-refractivity contribution is 5.17. The van der Waals surface area contributed by atoms with Crippen LogP contribution in [0.1, 0.15) is 57.0 Å². The van der Waals surface area contributed by atoms with Crippen molar-refractivity contribution >= 4 is 0 Å². The van der Waals surface area contributed by atoms with Crippen LogP contribution in [-0.2, 0) is 13.0 Å². The number of rotatable bonds is 5. The lowest BCUT2D eigenvalue weighted by Crippen LogP contribution is -2.25. The first kappa shape index (κ1) is 11.6. The maximum atomic E-state index is 4.51. The van der Waals surface area contributed by atoms with E-state index >= 15 is 0 Å². The molecule has 0 fully saturated rings. The summed E-state index contributed by atoms with van der Waals surface area (Å²) in [5.74, 6) is 0. The molecule has 0 spiro atoms. The average molecular weight is 221 g/mol. The summed E-state index contributed by atoms with van der Waals surface area (Å²) in [4.78, 5) is 4.51. The Kier molecular flexibility index (Phi) is 3.99. The smallest absolute Gasteiger partial charge is 0.0954 e. The third-order valence-corrected chi connectivity index (χ3v) is 3.51. The van der Waals surface area contributed by atoms with E-state index in [4.69, 9.17) is 0 Å². The van der Waals surface area contributed by atoms with Crippen molar-refractivity contribution < 1.29 is 0 Å². The van der Waals surface area contributed by atoms with Gasteiger partial charge >= 0.3 is 0 Å². The SMILES string of the molecule is CCCCCC(C)n1cnc2c1CCNC2. The molecule has 1 aromatic heterocycles. The van der Waals surface area contributed by atoms with E-state index < -0.39 is 0 Å². The van der Waals surface area contributed by atoms with E-state index in [0.717, 1.165) is 19.5 Å². The number of aromatic nitrogens is 2. The highest BCUT2D eigenvalue weighted by Crippen LogP contribution is 2.21. The molecule has 2 heterocycles. The predicted molar refractivity (Wildman–Crippen MR) is 66.5 cm³/mol. The van der Waals surface area contributed by atoms with Gasteiger partial charge < -0.3 is 9.88 Å². The van der Waals surface area contributed by atoms with Crippen molar-refractivity contribution in [3.63, 3.8) is 0 Å². The molecule has 0 aromatic carbocycles. The van der Waals surface area contributed by atoms with E-state index in [0.29, 0.717) is 6.04 Å². The van der Waals surface area contributed by atoms with Crippen molar-refractivity contribution in [2.24, 2.45) is 0 Å². The molecule has 0 radical (unpaired) electrons. The van der Waals surface area contributed by atoms with E-state index in [1.54, 1.807) is 0 Å². The van der Waals surface area contributed by atoms with Crippen LogP contribution in [0.5, 0.6) is 0 Å². The molecule has 3 heteroatoms. The molecule has 1 N–H and O–H groups in total. The Bertz CT molecular complexity index is 330. The van der Waals surface area contributed by atoms with Crippen LogP contribution in [0.25, 0.3) is 0 Å². The van der Waals surface area contributed by atoms with Crippen LogP contribution >= 0.6 is 0 Å². The Hall–Kier alpha value is -0.830. The van der Waals surface area contributed by atoms with Gasteiger partial charge in [0.15, 0.2) is 0 Å². The van der Waals surface area contributed by atoms with Gasteiger partial charge in [0.05, 0.1) is 12.0 Å². The van der Waals surface area contributed by atoms with E-state index in [-0.39, 0.29) is 0 Å². The maximum absolute atomic E-state index is 4.51. The second kappa shape index (κ2) is 5.48. The lowest BCUT2D eigenvalue weighted by atomic mass is 10.1. The van der Waals surface area contributed by atoms with Crippen molar-refractivity contribution in [3.05, 3.63) is 17.7 Å². The zero-order valence-corrected chi connectivity index (χ0v) is 10.5. The summed E-state index contributed by atoms with van der Waals surface area (Å²) in [6.07, 6.45) is 8.44. The molecule has 1 aromatic rings.